The molecular formula is C21H38N6O. The molecule has 1 saturated heterocycles. The number of hydrogen-bond acceptors (Lipinski definition) is 5. The van der Waals surface area contributed by atoms with E-state index in [1.807, 2.05) is 6.07 Å². The van der Waals surface area contributed by atoms with Crippen LogP contribution in [0.25, 0.3) is 0 Å². The number of rotatable bonds is 6. The fraction of sp³-hybridized carbons (Fsp3) is 0.810. The van der Waals surface area contributed by atoms with E-state index in [1.54, 1.807) is 6.26 Å². The third-order valence-electron chi connectivity index (χ3n) is 6.42. The molecule has 3 rings (SSSR count). The van der Waals surface area contributed by atoms with Crippen LogP contribution in [0.5, 0.6) is 0 Å². The van der Waals surface area contributed by atoms with Gasteiger partial charge in [-0.05, 0) is 39.8 Å². The maximum atomic E-state index is 5.13. The molecule has 0 bridgehead atoms. The molecule has 0 amide bonds. The second kappa shape index (κ2) is 9.74. The molecule has 158 valence electrons. The van der Waals surface area contributed by atoms with Gasteiger partial charge >= 0.3 is 0 Å². The molecule has 1 aromatic heterocycles. The predicted octanol–water partition coefficient (Wildman–Crippen LogP) is 2.27. The zero-order valence-electron chi connectivity index (χ0n) is 18.2. The standard InChI is InChI=1S/C21H38N6O/c1-5-22-20(23-17-21(25(3)4)9-6-7-18(2)15-21)27-12-10-26(11-13-27)16-19-8-14-28-24-19/h8,14,18H,5-7,9-13,15-17H2,1-4H3,(H,22,23). The van der Waals surface area contributed by atoms with Gasteiger partial charge in [-0.3, -0.25) is 9.89 Å². The van der Waals surface area contributed by atoms with Crippen molar-refractivity contribution in [1.29, 1.82) is 0 Å². The van der Waals surface area contributed by atoms with E-state index in [9.17, 15) is 0 Å². The molecule has 2 atom stereocenters. The summed E-state index contributed by atoms with van der Waals surface area (Å²) < 4.78 is 4.95. The average molecular weight is 391 g/mol. The molecule has 0 radical (unpaired) electrons. The zero-order chi connectivity index (χ0) is 20.0. The fourth-order valence-electron chi connectivity index (χ4n) is 4.64. The highest BCUT2D eigenvalue weighted by Gasteiger charge is 2.37. The molecule has 1 N–H and O–H groups in total. The van der Waals surface area contributed by atoms with Crippen LogP contribution in [-0.2, 0) is 6.54 Å². The van der Waals surface area contributed by atoms with Gasteiger partial charge < -0.3 is 19.6 Å². The van der Waals surface area contributed by atoms with Gasteiger partial charge in [-0.15, -0.1) is 0 Å². The van der Waals surface area contributed by atoms with E-state index >= 15 is 0 Å². The zero-order valence-corrected chi connectivity index (χ0v) is 18.2. The number of aliphatic imine (C=N–C) groups is 1. The minimum atomic E-state index is 0.202. The number of hydrogen-bond donors (Lipinski definition) is 1. The van der Waals surface area contributed by atoms with Gasteiger partial charge in [0, 0.05) is 50.9 Å². The largest absolute Gasteiger partial charge is 0.364 e. The monoisotopic (exact) mass is 390 g/mol. The van der Waals surface area contributed by atoms with Crippen LogP contribution < -0.4 is 5.32 Å². The van der Waals surface area contributed by atoms with Crippen LogP contribution in [0.2, 0.25) is 0 Å². The molecule has 2 fully saturated rings. The van der Waals surface area contributed by atoms with Crippen LogP contribution in [0, 0.1) is 5.92 Å². The van der Waals surface area contributed by atoms with Crippen molar-refractivity contribution >= 4 is 5.96 Å². The minimum Gasteiger partial charge on any atom is -0.364 e. The predicted molar refractivity (Wildman–Crippen MR) is 113 cm³/mol. The molecule has 1 aliphatic heterocycles. The lowest BCUT2D eigenvalue weighted by atomic mass is 9.75. The first-order chi connectivity index (χ1) is 13.5. The fourth-order valence-corrected chi connectivity index (χ4v) is 4.64. The Kier molecular flexibility index (Phi) is 7.35. The van der Waals surface area contributed by atoms with Crippen molar-refractivity contribution in [2.75, 3.05) is 53.4 Å². The lowest BCUT2D eigenvalue weighted by molar-refractivity contribution is 0.0839. The first kappa shape index (κ1) is 21.1. The Balaban J connectivity index is 1.61. The summed E-state index contributed by atoms with van der Waals surface area (Å²) in [5.74, 6) is 1.86. The minimum absolute atomic E-state index is 0.202. The van der Waals surface area contributed by atoms with Gasteiger partial charge in [0.25, 0.3) is 0 Å². The molecule has 7 heteroatoms. The van der Waals surface area contributed by atoms with E-state index in [0.717, 1.165) is 63.4 Å². The van der Waals surface area contributed by atoms with Crippen molar-refractivity contribution in [3.05, 3.63) is 18.0 Å². The first-order valence-electron chi connectivity index (χ1n) is 10.8. The lowest BCUT2D eigenvalue weighted by Gasteiger charge is -2.44. The molecule has 2 aliphatic rings. The maximum absolute atomic E-state index is 5.13. The molecule has 2 heterocycles. The Hall–Kier alpha value is -1.60. The van der Waals surface area contributed by atoms with Gasteiger partial charge in [-0.2, -0.15) is 0 Å². The van der Waals surface area contributed by atoms with Gasteiger partial charge in [0.2, 0.25) is 0 Å². The Bertz CT molecular complexity index is 608. The van der Waals surface area contributed by atoms with Crippen LogP contribution in [0.1, 0.15) is 45.2 Å². The van der Waals surface area contributed by atoms with Crippen LogP contribution in [0.4, 0.5) is 0 Å². The summed E-state index contributed by atoms with van der Waals surface area (Å²) >= 11 is 0. The average Bonchev–Trinajstić information content (AvgIpc) is 3.19. The Morgan fingerprint density at radius 1 is 1.36 bits per heavy atom. The van der Waals surface area contributed by atoms with E-state index in [0.29, 0.717) is 0 Å². The van der Waals surface area contributed by atoms with Crippen molar-refractivity contribution in [3.8, 4) is 0 Å². The number of nitrogens with zero attached hydrogens (tertiary/aromatic N) is 5. The van der Waals surface area contributed by atoms with Crippen LogP contribution >= 0.6 is 0 Å². The molecule has 1 aliphatic carbocycles. The quantitative estimate of drug-likeness (QED) is 0.594. The van der Waals surface area contributed by atoms with E-state index in [4.69, 9.17) is 9.52 Å². The highest BCUT2D eigenvalue weighted by atomic mass is 16.5. The van der Waals surface area contributed by atoms with Crippen molar-refractivity contribution in [3.63, 3.8) is 0 Å². The molecule has 28 heavy (non-hydrogen) atoms. The van der Waals surface area contributed by atoms with Crippen molar-refractivity contribution in [1.82, 2.24) is 25.2 Å². The van der Waals surface area contributed by atoms with Crippen molar-refractivity contribution < 1.29 is 4.52 Å². The summed E-state index contributed by atoms with van der Waals surface area (Å²) in [6.45, 7) is 11.2. The number of nitrogens with one attached hydrogen (secondary N) is 1. The molecule has 0 spiro atoms. The second-order valence-corrected chi connectivity index (χ2v) is 8.74. The van der Waals surface area contributed by atoms with Crippen molar-refractivity contribution in [2.24, 2.45) is 10.9 Å². The highest BCUT2D eigenvalue weighted by molar-refractivity contribution is 5.80. The number of aromatic nitrogens is 1. The van der Waals surface area contributed by atoms with Crippen LogP contribution in [-0.4, -0.2) is 84.7 Å². The van der Waals surface area contributed by atoms with Crippen LogP contribution in [0.3, 0.4) is 0 Å². The third kappa shape index (κ3) is 5.26. The van der Waals surface area contributed by atoms with Gasteiger partial charge in [-0.25, -0.2) is 0 Å². The molecule has 1 aromatic rings. The number of likely N-dealkylation sites (N-methyl/N-ethyl adjacent to an activating group) is 1. The lowest BCUT2D eigenvalue weighted by Crippen LogP contribution is -2.54. The summed E-state index contributed by atoms with van der Waals surface area (Å²) in [6, 6.07) is 1.95. The molecule has 7 nitrogen and oxygen atoms in total. The van der Waals surface area contributed by atoms with Gasteiger partial charge in [0.15, 0.2) is 5.96 Å². The Morgan fingerprint density at radius 2 is 2.14 bits per heavy atom. The van der Waals surface area contributed by atoms with Gasteiger partial charge in [0.1, 0.15) is 6.26 Å². The second-order valence-electron chi connectivity index (χ2n) is 8.74. The Labute approximate surface area is 170 Å². The summed E-state index contributed by atoms with van der Waals surface area (Å²) in [5.41, 5.74) is 1.21. The number of piperazine rings is 1. The molecule has 0 aromatic carbocycles. The number of guanidine groups is 1. The van der Waals surface area contributed by atoms with Gasteiger partial charge in [0.05, 0.1) is 12.2 Å². The maximum Gasteiger partial charge on any atom is 0.194 e. The van der Waals surface area contributed by atoms with E-state index in [1.165, 1.54) is 25.7 Å². The summed E-state index contributed by atoms with van der Waals surface area (Å²) in [6.07, 6.45) is 6.81. The van der Waals surface area contributed by atoms with Crippen molar-refractivity contribution in [2.45, 2.75) is 51.6 Å². The Morgan fingerprint density at radius 3 is 2.75 bits per heavy atom. The smallest absolute Gasteiger partial charge is 0.194 e. The summed E-state index contributed by atoms with van der Waals surface area (Å²) in [5, 5.41) is 7.57. The summed E-state index contributed by atoms with van der Waals surface area (Å²) in [7, 11) is 4.45. The van der Waals surface area contributed by atoms with E-state index < -0.39 is 0 Å². The molecular weight excluding hydrogens is 352 g/mol. The first-order valence-corrected chi connectivity index (χ1v) is 10.8. The normalized spacial score (nSPS) is 27.4. The van der Waals surface area contributed by atoms with Crippen LogP contribution in [0.15, 0.2) is 21.8 Å². The highest BCUT2D eigenvalue weighted by Crippen LogP contribution is 2.36. The molecule has 1 saturated carbocycles. The molecule has 2 unspecified atom stereocenters. The van der Waals surface area contributed by atoms with Gasteiger partial charge in [-0.1, -0.05) is 24.9 Å². The van der Waals surface area contributed by atoms with E-state index in [-0.39, 0.29) is 5.54 Å². The van der Waals surface area contributed by atoms with E-state index in [2.05, 4.69) is 53.1 Å². The third-order valence-corrected chi connectivity index (χ3v) is 6.42. The summed E-state index contributed by atoms with van der Waals surface area (Å²) in [4.78, 5) is 12.4. The topological polar surface area (TPSA) is 60.1 Å². The SMILES string of the molecule is CCNC(=NCC1(N(C)C)CCCC(C)C1)N1CCN(Cc2ccon2)CC1.